The topological polar surface area (TPSA) is 84.5 Å². The highest BCUT2D eigenvalue weighted by Crippen LogP contribution is 2.19. The summed E-state index contributed by atoms with van der Waals surface area (Å²) in [7, 11) is -3.51. The lowest BCUT2D eigenvalue weighted by atomic mass is 10.1. The monoisotopic (exact) mass is 422 g/mol. The minimum absolute atomic E-state index is 0.135. The van der Waals surface area contributed by atoms with Crippen molar-refractivity contribution in [2.75, 3.05) is 19.4 Å². The van der Waals surface area contributed by atoms with Crippen LogP contribution in [0.25, 0.3) is 0 Å². The van der Waals surface area contributed by atoms with Crippen LogP contribution >= 0.6 is 11.8 Å². The zero-order valence-corrected chi connectivity index (χ0v) is 17.9. The first-order valence-corrected chi connectivity index (χ1v) is 11.7. The zero-order chi connectivity index (χ0) is 20.6. The highest BCUT2D eigenvalue weighted by Gasteiger charge is 2.14. The van der Waals surface area contributed by atoms with Crippen molar-refractivity contribution in [3.63, 3.8) is 0 Å². The maximum absolute atomic E-state index is 12.1. The van der Waals surface area contributed by atoms with Gasteiger partial charge in [-0.3, -0.25) is 4.79 Å². The summed E-state index contributed by atoms with van der Waals surface area (Å²) in [6, 6.07) is 13.9. The molecule has 28 heavy (non-hydrogen) atoms. The number of hydrogen-bond acceptors (Lipinski definition) is 5. The van der Waals surface area contributed by atoms with E-state index in [9.17, 15) is 13.2 Å². The van der Waals surface area contributed by atoms with Crippen molar-refractivity contribution in [3.8, 4) is 5.75 Å². The second-order valence-electron chi connectivity index (χ2n) is 6.22. The van der Waals surface area contributed by atoms with Crippen LogP contribution in [0.5, 0.6) is 5.75 Å². The Morgan fingerprint density at radius 3 is 2.32 bits per heavy atom. The van der Waals surface area contributed by atoms with Gasteiger partial charge in [0.15, 0.2) is 6.61 Å². The Bertz CT molecular complexity index is 866. The van der Waals surface area contributed by atoms with Crippen molar-refractivity contribution >= 4 is 27.7 Å². The van der Waals surface area contributed by atoms with Crippen LogP contribution in [0.3, 0.4) is 0 Å². The average molecular weight is 423 g/mol. The molecule has 0 heterocycles. The summed E-state index contributed by atoms with van der Waals surface area (Å²) in [5, 5.41) is 2.89. The minimum atomic E-state index is -3.51. The first-order chi connectivity index (χ1) is 13.4. The molecular formula is C20H26N2O4S2. The van der Waals surface area contributed by atoms with Crippen molar-refractivity contribution < 1.29 is 17.9 Å². The van der Waals surface area contributed by atoms with E-state index in [4.69, 9.17) is 4.74 Å². The molecule has 2 N–H and O–H groups in total. The van der Waals surface area contributed by atoms with E-state index in [-0.39, 0.29) is 23.5 Å². The van der Waals surface area contributed by atoms with Crippen molar-refractivity contribution in [1.29, 1.82) is 0 Å². The second kappa shape index (κ2) is 10.5. The largest absolute Gasteiger partial charge is 0.484 e. The molecule has 0 radical (unpaired) electrons. The van der Waals surface area contributed by atoms with E-state index in [1.807, 2.05) is 44.4 Å². The Hall–Kier alpha value is -2.03. The van der Waals surface area contributed by atoms with Gasteiger partial charge in [0, 0.05) is 11.4 Å². The number of carbonyl (C=O) groups excluding carboxylic acids is 1. The van der Waals surface area contributed by atoms with Crippen LogP contribution < -0.4 is 14.8 Å². The summed E-state index contributed by atoms with van der Waals surface area (Å²) in [6.45, 7) is 4.05. The third-order valence-electron chi connectivity index (χ3n) is 4.04. The van der Waals surface area contributed by atoms with E-state index in [0.717, 1.165) is 12.0 Å². The summed E-state index contributed by atoms with van der Waals surface area (Å²) >= 11 is 1.67. The molecule has 152 valence electrons. The fourth-order valence-corrected chi connectivity index (χ4v) is 3.98. The highest BCUT2D eigenvalue weighted by atomic mass is 32.2. The van der Waals surface area contributed by atoms with Crippen LogP contribution in [-0.2, 0) is 14.8 Å². The molecule has 0 aliphatic rings. The Balaban J connectivity index is 1.86. The van der Waals surface area contributed by atoms with Crippen molar-refractivity contribution in [1.82, 2.24) is 10.0 Å². The fourth-order valence-electron chi connectivity index (χ4n) is 2.44. The molecule has 2 aromatic rings. The number of rotatable bonds is 10. The maximum Gasteiger partial charge on any atom is 0.258 e. The number of carbonyl (C=O) groups is 1. The van der Waals surface area contributed by atoms with Crippen LogP contribution in [0.4, 0.5) is 0 Å². The molecule has 2 aromatic carbocycles. The van der Waals surface area contributed by atoms with E-state index in [0.29, 0.717) is 12.3 Å². The van der Waals surface area contributed by atoms with Gasteiger partial charge in [0.25, 0.3) is 5.91 Å². The van der Waals surface area contributed by atoms with Gasteiger partial charge in [-0.05, 0) is 61.6 Å². The molecule has 0 spiro atoms. The molecule has 0 saturated heterocycles. The molecule has 2 rings (SSSR count). The Labute approximate surface area is 171 Å². The van der Waals surface area contributed by atoms with Crippen molar-refractivity contribution in [3.05, 3.63) is 54.1 Å². The lowest BCUT2D eigenvalue weighted by Crippen LogP contribution is -2.31. The van der Waals surface area contributed by atoms with E-state index >= 15 is 0 Å². The van der Waals surface area contributed by atoms with E-state index in [1.54, 1.807) is 23.9 Å². The summed E-state index contributed by atoms with van der Waals surface area (Å²) in [4.78, 5) is 13.5. The normalized spacial score (nSPS) is 12.4. The number of hydrogen-bond donors (Lipinski definition) is 2. The molecule has 1 atom stereocenters. The summed E-state index contributed by atoms with van der Waals surface area (Å²) in [6.07, 6.45) is 2.73. The lowest BCUT2D eigenvalue weighted by molar-refractivity contribution is -0.123. The van der Waals surface area contributed by atoms with Gasteiger partial charge >= 0.3 is 0 Å². The number of amides is 1. The third-order valence-corrected chi connectivity index (χ3v) is 6.26. The Morgan fingerprint density at radius 1 is 1.11 bits per heavy atom. The van der Waals surface area contributed by atoms with E-state index in [2.05, 4.69) is 10.0 Å². The molecule has 0 fully saturated rings. The molecule has 6 nitrogen and oxygen atoms in total. The standard InChI is InChI=1S/C20H26N2O4S2/c1-4-13-21-28(24,25)19-11-7-17(8-12-19)26-14-20(23)22-15(2)16-5-9-18(27-3)10-6-16/h5-12,15,21H,4,13-14H2,1-3H3,(H,22,23)/t15-/m0/s1. The fraction of sp³-hybridized carbons (Fsp3) is 0.350. The smallest absolute Gasteiger partial charge is 0.258 e. The predicted molar refractivity (Wildman–Crippen MR) is 112 cm³/mol. The molecule has 8 heteroatoms. The first kappa shape index (κ1) is 22.3. The maximum atomic E-state index is 12.1. The van der Waals surface area contributed by atoms with Gasteiger partial charge in [0.05, 0.1) is 10.9 Å². The average Bonchev–Trinajstić information content (AvgIpc) is 2.71. The zero-order valence-electron chi connectivity index (χ0n) is 16.3. The molecule has 0 unspecified atom stereocenters. The SMILES string of the molecule is CCCNS(=O)(=O)c1ccc(OCC(=O)N[C@@H](C)c2ccc(SC)cc2)cc1. The summed E-state index contributed by atoms with van der Waals surface area (Å²) in [5.74, 6) is 0.185. The van der Waals surface area contributed by atoms with Crippen LogP contribution in [0.1, 0.15) is 31.9 Å². The Morgan fingerprint density at radius 2 is 1.75 bits per heavy atom. The minimum Gasteiger partial charge on any atom is -0.484 e. The van der Waals surface area contributed by atoms with Gasteiger partial charge in [-0.1, -0.05) is 19.1 Å². The van der Waals surface area contributed by atoms with Gasteiger partial charge in [-0.25, -0.2) is 13.1 Å². The summed E-state index contributed by atoms with van der Waals surface area (Å²) in [5.41, 5.74) is 1.01. The summed E-state index contributed by atoms with van der Waals surface area (Å²) < 4.78 is 32.1. The van der Waals surface area contributed by atoms with Crippen LogP contribution in [0.2, 0.25) is 0 Å². The number of sulfonamides is 1. The molecular weight excluding hydrogens is 396 g/mol. The number of benzene rings is 2. The van der Waals surface area contributed by atoms with Gasteiger partial charge < -0.3 is 10.1 Å². The predicted octanol–water partition coefficient (Wildman–Crippen LogP) is 3.35. The highest BCUT2D eigenvalue weighted by molar-refractivity contribution is 7.98. The second-order valence-corrected chi connectivity index (χ2v) is 8.87. The number of thioether (sulfide) groups is 1. The van der Waals surface area contributed by atoms with Crippen molar-refractivity contribution in [2.45, 2.75) is 36.1 Å². The molecule has 1 amide bonds. The van der Waals surface area contributed by atoms with E-state index < -0.39 is 10.0 Å². The van der Waals surface area contributed by atoms with Crippen LogP contribution in [0.15, 0.2) is 58.3 Å². The van der Waals surface area contributed by atoms with Crippen molar-refractivity contribution in [2.24, 2.45) is 0 Å². The molecule has 0 bridgehead atoms. The Kier molecular flexibility index (Phi) is 8.35. The van der Waals surface area contributed by atoms with Crippen LogP contribution in [-0.4, -0.2) is 33.7 Å². The van der Waals surface area contributed by atoms with Crippen LogP contribution in [0, 0.1) is 0 Å². The van der Waals surface area contributed by atoms with Gasteiger partial charge in [-0.15, -0.1) is 11.8 Å². The van der Waals surface area contributed by atoms with Gasteiger partial charge in [0.2, 0.25) is 10.0 Å². The number of ether oxygens (including phenoxy) is 1. The lowest BCUT2D eigenvalue weighted by Gasteiger charge is -2.15. The molecule has 0 aliphatic carbocycles. The van der Waals surface area contributed by atoms with Gasteiger partial charge in [-0.2, -0.15) is 0 Å². The third kappa shape index (κ3) is 6.54. The number of nitrogens with one attached hydrogen (secondary N) is 2. The first-order valence-electron chi connectivity index (χ1n) is 9.01. The van der Waals surface area contributed by atoms with E-state index in [1.165, 1.54) is 17.0 Å². The quantitative estimate of drug-likeness (QED) is 0.574. The molecule has 0 aromatic heterocycles. The molecule has 0 saturated carbocycles. The van der Waals surface area contributed by atoms with Gasteiger partial charge in [0.1, 0.15) is 5.75 Å². The molecule has 0 aliphatic heterocycles.